The van der Waals surface area contributed by atoms with Crippen molar-refractivity contribution in [2.75, 3.05) is 20.2 Å². The lowest BCUT2D eigenvalue weighted by atomic mass is 10.2. The van der Waals surface area contributed by atoms with Crippen LogP contribution in [0, 0.1) is 0 Å². The van der Waals surface area contributed by atoms with Crippen LogP contribution in [-0.2, 0) is 9.53 Å². The van der Waals surface area contributed by atoms with E-state index in [1.807, 2.05) is 4.90 Å². The largest absolute Gasteiger partial charge is 0.453 e. The first kappa shape index (κ1) is 12.8. The van der Waals surface area contributed by atoms with Crippen molar-refractivity contribution in [3.63, 3.8) is 0 Å². The van der Waals surface area contributed by atoms with Gasteiger partial charge < -0.3 is 15.0 Å². The summed E-state index contributed by atoms with van der Waals surface area (Å²) < 4.78 is 4.46. The quantitative estimate of drug-likeness (QED) is 0.784. The number of amides is 2. The van der Waals surface area contributed by atoms with Crippen molar-refractivity contribution in [3.05, 3.63) is 0 Å². The zero-order valence-electron chi connectivity index (χ0n) is 9.99. The predicted octanol–water partition coefficient (Wildman–Crippen LogP) is 1.13. The Morgan fingerprint density at radius 2 is 2.00 bits per heavy atom. The minimum atomic E-state index is -0.449. The van der Waals surface area contributed by atoms with Crippen molar-refractivity contribution in [3.8, 4) is 0 Å². The van der Waals surface area contributed by atoms with Crippen molar-refractivity contribution < 1.29 is 14.3 Å². The van der Waals surface area contributed by atoms with Crippen molar-refractivity contribution in [1.29, 1.82) is 0 Å². The van der Waals surface area contributed by atoms with Crippen LogP contribution in [0.2, 0.25) is 0 Å². The molecule has 0 spiro atoms. The average molecular weight is 228 g/mol. The van der Waals surface area contributed by atoms with Crippen LogP contribution < -0.4 is 5.32 Å². The van der Waals surface area contributed by atoms with E-state index in [4.69, 9.17) is 0 Å². The molecule has 1 rings (SSSR count). The molecule has 5 heteroatoms. The summed E-state index contributed by atoms with van der Waals surface area (Å²) >= 11 is 0. The lowest BCUT2D eigenvalue weighted by Gasteiger charge is -2.27. The molecule has 5 nitrogen and oxygen atoms in total. The topological polar surface area (TPSA) is 58.6 Å². The van der Waals surface area contributed by atoms with Gasteiger partial charge in [0, 0.05) is 26.1 Å². The SMILES string of the molecule is COC(=O)NCCN(C(C)=O)C1CCCC1. The highest BCUT2D eigenvalue weighted by molar-refractivity contribution is 5.73. The Bertz CT molecular complexity index is 250. The van der Waals surface area contributed by atoms with Crippen molar-refractivity contribution in [2.45, 2.75) is 38.6 Å². The molecule has 0 unspecified atom stereocenters. The van der Waals surface area contributed by atoms with Gasteiger partial charge in [-0.05, 0) is 12.8 Å². The number of alkyl carbamates (subject to hydrolysis) is 1. The summed E-state index contributed by atoms with van der Waals surface area (Å²) in [7, 11) is 1.33. The van der Waals surface area contributed by atoms with Crippen LogP contribution in [0.5, 0.6) is 0 Å². The van der Waals surface area contributed by atoms with E-state index >= 15 is 0 Å². The maximum Gasteiger partial charge on any atom is 0.406 e. The molecule has 0 saturated heterocycles. The van der Waals surface area contributed by atoms with Crippen LogP contribution in [0.4, 0.5) is 4.79 Å². The second-order valence-corrected chi connectivity index (χ2v) is 4.07. The zero-order chi connectivity index (χ0) is 12.0. The van der Waals surface area contributed by atoms with E-state index in [-0.39, 0.29) is 5.91 Å². The monoisotopic (exact) mass is 228 g/mol. The molecule has 0 aromatic rings. The van der Waals surface area contributed by atoms with Gasteiger partial charge in [0.25, 0.3) is 0 Å². The molecule has 1 N–H and O–H groups in total. The van der Waals surface area contributed by atoms with Crippen LogP contribution in [-0.4, -0.2) is 43.1 Å². The molecule has 0 aliphatic heterocycles. The summed E-state index contributed by atoms with van der Waals surface area (Å²) in [4.78, 5) is 24.2. The second-order valence-electron chi connectivity index (χ2n) is 4.07. The van der Waals surface area contributed by atoms with E-state index in [1.165, 1.54) is 20.0 Å². The Morgan fingerprint density at radius 3 is 2.50 bits per heavy atom. The second kappa shape index (κ2) is 6.35. The molecule has 1 fully saturated rings. The zero-order valence-corrected chi connectivity index (χ0v) is 9.99. The van der Waals surface area contributed by atoms with Gasteiger partial charge in [0.2, 0.25) is 5.91 Å². The minimum absolute atomic E-state index is 0.0820. The first-order valence-corrected chi connectivity index (χ1v) is 5.74. The number of hydrogen-bond donors (Lipinski definition) is 1. The van der Waals surface area contributed by atoms with Gasteiger partial charge in [0.15, 0.2) is 0 Å². The molecule has 1 aliphatic carbocycles. The van der Waals surface area contributed by atoms with Gasteiger partial charge in [-0.15, -0.1) is 0 Å². The number of carbonyl (C=O) groups is 2. The van der Waals surface area contributed by atoms with E-state index in [1.54, 1.807) is 6.92 Å². The summed E-state index contributed by atoms with van der Waals surface area (Å²) in [6, 6.07) is 0.358. The lowest BCUT2D eigenvalue weighted by Crippen LogP contribution is -2.42. The molecule has 92 valence electrons. The van der Waals surface area contributed by atoms with Crippen LogP contribution in [0.3, 0.4) is 0 Å². The van der Waals surface area contributed by atoms with Crippen LogP contribution in [0.1, 0.15) is 32.6 Å². The highest BCUT2D eigenvalue weighted by Crippen LogP contribution is 2.23. The Labute approximate surface area is 96.1 Å². The third-order valence-corrected chi connectivity index (χ3v) is 2.98. The van der Waals surface area contributed by atoms with E-state index in [2.05, 4.69) is 10.1 Å². The molecular formula is C11H20N2O3. The molecule has 2 amide bonds. The fourth-order valence-electron chi connectivity index (χ4n) is 2.16. The maximum absolute atomic E-state index is 11.5. The van der Waals surface area contributed by atoms with Crippen LogP contribution >= 0.6 is 0 Å². The van der Waals surface area contributed by atoms with E-state index in [0.717, 1.165) is 12.8 Å². The summed E-state index contributed by atoms with van der Waals surface area (Å²) in [6.45, 7) is 2.59. The highest BCUT2D eigenvalue weighted by atomic mass is 16.5. The average Bonchev–Trinajstić information content (AvgIpc) is 2.76. The van der Waals surface area contributed by atoms with Gasteiger partial charge in [-0.2, -0.15) is 0 Å². The molecular weight excluding hydrogens is 208 g/mol. The number of ether oxygens (including phenoxy) is 1. The summed E-state index contributed by atoms with van der Waals surface area (Å²) in [5, 5.41) is 2.59. The van der Waals surface area contributed by atoms with Crippen LogP contribution in [0.25, 0.3) is 0 Å². The fraction of sp³-hybridized carbons (Fsp3) is 0.818. The van der Waals surface area contributed by atoms with Gasteiger partial charge >= 0.3 is 6.09 Å². The smallest absolute Gasteiger partial charge is 0.406 e. The summed E-state index contributed by atoms with van der Waals surface area (Å²) in [5.74, 6) is 0.0820. The van der Waals surface area contributed by atoms with Gasteiger partial charge in [-0.25, -0.2) is 4.79 Å². The van der Waals surface area contributed by atoms with E-state index in [9.17, 15) is 9.59 Å². The van der Waals surface area contributed by atoms with Gasteiger partial charge in [-0.3, -0.25) is 4.79 Å². The Balaban J connectivity index is 2.33. The highest BCUT2D eigenvalue weighted by Gasteiger charge is 2.23. The molecule has 16 heavy (non-hydrogen) atoms. The summed E-state index contributed by atoms with van der Waals surface area (Å²) in [5.41, 5.74) is 0. The maximum atomic E-state index is 11.5. The number of nitrogens with zero attached hydrogens (tertiary/aromatic N) is 1. The Kier molecular flexibility index (Phi) is 5.08. The first-order chi connectivity index (χ1) is 7.65. The van der Waals surface area contributed by atoms with E-state index < -0.39 is 6.09 Å². The standard InChI is InChI=1S/C11H20N2O3/c1-9(14)13(10-5-3-4-6-10)8-7-12-11(15)16-2/h10H,3-8H2,1-2H3,(H,12,15). The Morgan fingerprint density at radius 1 is 1.38 bits per heavy atom. The number of carbonyl (C=O) groups excluding carboxylic acids is 2. The number of methoxy groups -OCH3 is 1. The van der Waals surface area contributed by atoms with Gasteiger partial charge in [0.05, 0.1) is 7.11 Å². The molecule has 0 heterocycles. The molecule has 0 aromatic heterocycles. The Hall–Kier alpha value is -1.26. The normalized spacial score (nSPS) is 15.9. The molecule has 1 aliphatic rings. The van der Waals surface area contributed by atoms with Crippen molar-refractivity contribution >= 4 is 12.0 Å². The minimum Gasteiger partial charge on any atom is -0.453 e. The third-order valence-electron chi connectivity index (χ3n) is 2.98. The summed E-state index contributed by atoms with van der Waals surface area (Å²) in [6.07, 6.45) is 4.10. The molecule has 0 atom stereocenters. The van der Waals surface area contributed by atoms with Gasteiger partial charge in [-0.1, -0.05) is 12.8 Å². The van der Waals surface area contributed by atoms with Crippen molar-refractivity contribution in [1.82, 2.24) is 10.2 Å². The fourth-order valence-corrected chi connectivity index (χ4v) is 2.16. The van der Waals surface area contributed by atoms with Crippen LogP contribution in [0.15, 0.2) is 0 Å². The lowest BCUT2D eigenvalue weighted by molar-refractivity contribution is -0.131. The molecule has 0 bridgehead atoms. The number of hydrogen-bond acceptors (Lipinski definition) is 3. The number of nitrogens with one attached hydrogen (secondary N) is 1. The predicted molar refractivity (Wildman–Crippen MR) is 60.1 cm³/mol. The molecule has 0 radical (unpaired) electrons. The van der Waals surface area contributed by atoms with Crippen molar-refractivity contribution in [2.24, 2.45) is 0 Å². The molecule has 0 aromatic carbocycles. The number of rotatable bonds is 4. The molecule has 1 saturated carbocycles. The third kappa shape index (κ3) is 3.72. The van der Waals surface area contributed by atoms with E-state index in [0.29, 0.717) is 19.1 Å². The first-order valence-electron chi connectivity index (χ1n) is 5.74. The van der Waals surface area contributed by atoms with Gasteiger partial charge in [0.1, 0.15) is 0 Å².